The van der Waals surface area contributed by atoms with Gasteiger partial charge in [-0.3, -0.25) is 48.2 Å². The minimum Gasteiger partial charge on any atom is -0.380 e. The highest BCUT2D eigenvalue weighted by Crippen LogP contribution is 2.47. The zero-order valence-corrected chi connectivity index (χ0v) is 54.5. The Bertz CT molecular complexity index is 2120. The number of imide groups is 2. The van der Waals surface area contributed by atoms with Crippen LogP contribution in [0.4, 0.5) is 0 Å². The predicted molar refractivity (Wildman–Crippen MR) is 317 cm³/mol. The Kier molecular flexibility index (Phi) is 24.7. The number of halogens is 1. The second-order valence-corrected chi connectivity index (χ2v) is 31.3. The molecule has 0 bridgehead atoms. The standard InChI is InChI=1S/C60H108IN7O10/c1-40-32-45(71)67(48(40)74)29-25-43(69)63-28-23-22-24-42(65-44(70)26-30-68-46(72)33-41(61)49(68)75)47(73)64-37-52(5,6)35-55(11,12)59(19,20)78-31-27-53(7,8)50(76)66-58(17,18)36-54(9,10)56(13,14)38-77-39-57(15,16)60(21,62)34-51(2,3)4/h40-42H,22-39,62H2,1-21H3,(H,63,69)(H,64,73)(H,65,70)(H,66,76). The molecule has 8 amide bonds. The van der Waals surface area contributed by atoms with Gasteiger partial charge in [0, 0.05) is 86.3 Å². The van der Waals surface area contributed by atoms with Gasteiger partial charge in [-0.25, -0.2) is 0 Å². The minimum absolute atomic E-state index is 0.0127. The van der Waals surface area contributed by atoms with E-state index in [0.717, 1.165) is 22.6 Å². The van der Waals surface area contributed by atoms with E-state index in [1.807, 2.05) is 36.4 Å². The van der Waals surface area contributed by atoms with Crippen molar-refractivity contribution in [1.29, 1.82) is 0 Å². The number of nitrogens with one attached hydrogen (secondary N) is 4. The lowest BCUT2D eigenvalue weighted by Gasteiger charge is -2.48. The number of hydrogen-bond acceptors (Lipinski definition) is 11. The van der Waals surface area contributed by atoms with Crippen LogP contribution < -0.4 is 27.0 Å². The minimum atomic E-state index is -0.923. The molecule has 0 aliphatic carbocycles. The number of likely N-dealkylation sites (tertiary alicyclic amines) is 2. The Hall–Kier alpha value is -3.23. The fourth-order valence-corrected chi connectivity index (χ4v) is 11.3. The molecule has 2 heterocycles. The fourth-order valence-electron chi connectivity index (χ4n) is 10.6. The summed E-state index contributed by atoms with van der Waals surface area (Å²) in [6.07, 6.45) is 4.04. The van der Waals surface area contributed by atoms with Crippen molar-refractivity contribution in [1.82, 2.24) is 31.1 Å². The average molecular weight is 1210 g/mol. The third kappa shape index (κ3) is 21.3. The molecule has 4 atom stereocenters. The highest BCUT2D eigenvalue weighted by Gasteiger charge is 2.47. The summed E-state index contributed by atoms with van der Waals surface area (Å²) in [5.74, 6) is -2.79. The lowest BCUT2D eigenvalue weighted by atomic mass is 9.63. The van der Waals surface area contributed by atoms with E-state index in [0.29, 0.717) is 52.0 Å². The van der Waals surface area contributed by atoms with Crippen molar-refractivity contribution < 1.29 is 47.8 Å². The fraction of sp³-hybridized carbons (Fsp3) is 0.867. The Morgan fingerprint density at radius 3 is 1.73 bits per heavy atom. The first-order valence-electron chi connectivity index (χ1n) is 28.6. The third-order valence-electron chi connectivity index (χ3n) is 17.3. The van der Waals surface area contributed by atoms with Crippen LogP contribution in [0.2, 0.25) is 0 Å². The number of amides is 8. The SMILES string of the molecule is CC1CC(=O)N(CCC(=O)NCCCCC(NC(=O)CCN2C(=O)CC(I)C2=O)C(=O)NCC(C)(C)CC(C)(C)C(C)(C)OCCC(C)(C)C(=O)NC(C)(C)CC(C)(C)C(C)(C)COCC(C)(C)C(C)(N)CC(C)(C)C)C1=O. The summed E-state index contributed by atoms with van der Waals surface area (Å²) in [6, 6.07) is -0.923. The van der Waals surface area contributed by atoms with Crippen LogP contribution in [0.25, 0.3) is 0 Å². The van der Waals surface area contributed by atoms with Gasteiger partial charge in [0.2, 0.25) is 47.3 Å². The molecule has 2 aliphatic rings. The molecular weight excluding hydrogens is 1110 g/mol. The van der Waals surface area contributed by atoms with E-state index in [2.05, 4.69) is 146 Å². The Morgan fingerprint density at radius 2 is 1.21 bits per heavy atom. The number of ether oxygens (including phenoxy) is 2. The van der Waals surface area contributed by atoms with Crippen molar-refractivity contribution in [2.24, 2.45) is 49.6 Å². The van der Waals surface area contributed by atoms with Gasteiger partial charge in [0.15, 0.2) is 0 Å². The van der Waals surface area contributed by atoms with Crippen molar-refractivity contribution in [2.45, 2.75) is 243 Å². The number of rotatable bonds is 33. The summed E-state index contributed by atoms with van der Waals surface area (Å²) in [6.45, 7) is 46.4. The van der Waals surface area contributed by atoms with Crippen LogP contribution >= 0.6 is 22.6 Å². The van der Waals surface area contributed by atoms with Gasteiger partial charge in [0.25, 0.3) is 0 Å². The number of nitrogens with two attached hydrogens (primary N) is 1. The predicted octanol–water partition coefficient (Wildman–Crippen LogP) is 8.80. The average Bonchev–Trinajstić information content (AvgIpc) is 3.64. The molecule has 0 radical (unpaired) electrons. The van der Waals surface area contributed by atoms with E-state index in [4.69, 9.17) is 15.2 Å². The number of nitrogens with zero attached hydrogens (tertiary/aromatic N) is 2. The molecule has 78 heavy (non-hydrogen) atoms. The maximum atomic E-state index is 14.1. The summed E-state index contributed by atoms with van der Waals surface area (Å²) < 4.78 is 12.7. The van der Waals surface area contributed by atoms with Gasteiger partial charge < -0.3 is 36.5 Å². The van der Waals surface area contributed by atoms with Crippen LogP contribution in [-0.4, -0.2) is 130 Å². The number of carbonyl (C=O) groups is 8. The second-order valence-electron chi connectivity index (χ2n) is 29.8. The molecule has 2 rings (SSSR count). The Balaban J connectivity index is 2.01. The molecule has 2 fully saturated rings. The van der Waals surface area contributed by atoms with Crippen LogP contribution in [0.5, 0.6) is 0 Å². The quantitative estimate of drug-likeness (QED) is 0.0180. The lowest BCUT2D eigenvalue weighted by molar-refractivity contribution is -0.141. The molecule has 0 aromatic carbocycles. The van der Waals surface area contributed by atoms with Gasteiger partial charge in [-0.05, 0) is 107 Å². The zero-order chi connectivity index (χ0) is 60.5. The van der Waals surface area contributed by atoms with Gasteiger partial charge in [0.05, 0.1) is 22.7 Å². The van der Waals surface area contributed by atoms with E-state index in [1.165, 1.54) is 0 Å². The molecule has 2 aliphatic heterocycles. The van der Waals surface area contributed by atoms with Crippen molar-refractivity contribution in [2.75, 3.05) is 46.0 Å². The Labute approximate surface area is 484 Å². The molecule has 0 aromatic rings. The van der Waals surface area contributed by atoms with Crippen molar-refractivity contribution in [3.8, 4) is 0 Å². The zero-order valence-electron chi connectivity index (χ0n) is 52.4. The second kappa shape index (κ2) is 27.2. The van der Waals surface area contributed by atoms with Crippen LogP contribution in [0.1, 0.15) is 216 Å². The van der Waals surface area contributed by atoms with Crippen LogP contribution in [-0.2, 0) is 47.8 Å². The molecule has 18 heteroatoms. The number of hydrogen-bond donors (Lipinski definition) is 5. The van der Waals surface area contributed by atoms with E-state index in [1.54, 1.807) is 6.92 Å². The molecular formula is C60H108IN7O10. The molecule has 0 aromatic heterocycles. The molecule has 4 unspecified atom stereocenters. The normalized spacial score (nSPS) is 18.8. The molecule has 0 saturated carbocycles. The maximum Gasteiger partial charge on any atom is 0.242 e. The van der Waals surface area contributed by atoms with Gasteiger partial charge >= 0.3 is 0 Å². The third-order valence-corrected chi connectivity index (χ3v) is 18.3. The van der Waals surface area contributed by atoms with Gasteiger partial charge in [-0.2, -0.15) is 0 Å². The van der Waals surface area contributed by atoms with E-state index in [9.17, 15) is 38.4 Å². The van der Waals surface area contributed by atoms with Crippen LogP contribution in [0.3, 0.4) is 0 Å². The molecule has 450 valence electrons. The molecule has 17 nitrogen and oxygen atoms in total. The molecule has 0 spiro atoms. The first kappa shape index (κ1) is 70.9. The first-order valence-corrected chi connectivity index (χ1v) is 29.8. The monoisotopic (exact) mass is 1210 g/mol. The molecule has 2 saturated heterocycles. The van der Waals surface area contributed by atoms with E-state index in [-0.39, 0.29) is 121 Å². The summed E-state index contributed by atoms with van der Waals surface area (Å²) in [4.78, 5) is 105. The highest BCUT2D eigenvalue weighted by molar-refractivity contribution is 14.1. The van der Waals surface area contributed by atoms with Gasteiger partial charge in [-0.15, -0.1) is 0 Å². The number of alkyl halides is 1. The van der Waals surface area contributed by atoms with Crippen molar-refractivity contribution in [3.05, 3.63) is 0 Å². The lowest BCUT2D eigenvalue weighted by Crippen LogP contribution is -2.55. The summed E-state index contributed by atoms with van der Waals surface area (Å²) >= 11 is 1.92. The van der Waals surface area contributed by atoms with E-state index >= 15 is 0 Å². The van der Waals surface area contributed by atoms with Crippen LogP contribution in [0, 0.1) is 43.8 Å². The van der Waals surface area contributed by atoms with Gasteiger partial charge in [0.1, 0.15) is 6.04 Å². The van der Waals surface area contributed by atoms with Crippen molar-refractivity contribution in [3.63, 3.8) is 0 Å². The smallest absolute Gasteiger partial charge is 0.242 e. The Morgan fingerprint density at radius 1 is 0.667 bits per heavy atom. The van der Waals surface area contributed by atoms with E-state index < -0.39 is 48.8 Å². The van der Waals surface area contributed by atoms with Crippen LogP contribution in [0.15, 0.2) is 0 Å². The maximum absolute atomic E-state index is 14.1. The number of unbranched alkanes of at least 4 members (excludes halogenated alkanes) is 1. The molecule has 6 N–H and O–H groups in total. The largest absolute Gasteiger partial charge is 0.380 e. The number of carbonyl (C=O) groups excluding carboxylic acids is 8. The van der Waals surface area contributed by atoms with Crippen molar-refractivity contribution >= 4 is 69.8 Å². The summed E-state index contributed by atoms with van der Waals surface area (Å²) in [5, 5.41) is 12.1. The first-order chi connectivity index (χ1) is 35.1. The highest BCUT2D eigenvalue weighted by atomic mass is 127. The summed E-state index contributed by atoms with van der Waals surface area (Å²) in [7, 11) is 0. The topological polar surface area (TPSA) is 236 Å². The summed E-state index contributed by atoms with van der Waals surface area (Å²) in [5.41, 5.74) is 3.24. The van der Waals surface area contributed by atoms with Gasteiger partial charge in [-0.1, -0.05) is 133 Å².